The Kier molecular flexibility index (Phi) is 3.22. The number of nitrogens with two attached hydrogens (primary N) is 1. The van der Waals surface area contributed by atoms with E-state index in [1.54, 1.807) is 36.7 Å². The maximum Gasteiger partial charge on any atom is 0.166 e. The molecule has 2 N–H and O–H groups in total. The first kappa shape index (κ1) is 10.7. The van der Waals surface area contributed by atoms with E-state index >= 15 is 0 Å². The van der Waals surface area contributed by atoms with Gasteiger partial charge in [-0.2, -0.15) is 0 Å². The Hall–Kier alpha value is -1.81. The minimum absolute atomic E-state index is 0.269. The van der Waals surface area contributed by atoms with Gasteiger partial charge in [0.15, 0.2) is 5.82 Å². The molecule has 2 aromatic rings. The molecule has 0 aliphatic heterocycles. The van der Waals surface area contributed by atoms with Crippen LogP contribution in [0.5, 0.6) is 5.75 Å². The van der Waals surface area contributed by atoms with Crippen LogP contribution in [0.4, 0.5) is 5.69 Å². The van der Waals surface area contributed by atoms with Crippen molar-refractivity contribution >= 4 is 17.3 Å². The molecule has 82 valence electrons. The number of ether oxygens (including phenoxy) is 1. The standard InChI is InChI=1S/C11H10ClN3O/c12-8-2-3-9(13)10(6-8)16-7-11-14-4-1-5-15-11/h1-6H,7,13H2. The summed E-state index contributed by atoms with van der Waals surface area (Å²) >= 11 is 5.83. The predicted molar refractivity (Wildman–Crippen MR) is 62.2 cm³/mol. The number of nitrogens with zero attached hydrogens (tertiary/aromatic N) is 2. The molecule has 16 heavy (non-hydrogen) atoms. The van der Waals surface area contributed by atoms with Crippen molar-refractivity contribution in [2.75, 3.05) is 5.73 Å². The highest BCUT2D eigenvalue weighted by Crippen LogP contribution is 2.25. The molecule has 5 heteroatoms. The second kappa shape index (κ2) is 4.81. The van der Waals surface area contributed by atoms with Gasteiger partial charge in [-0.1, -0.05) is 11.6 Å². The maximum absolute atomic E-state index is 5.83. The molecule has 4 nitrogen and oxygen atoms in total. The Morgan fingerprint density at radius 3 is 2.75 bits per heavy atom. The Morgan fingerprint density at radius 1 is 1.25 bits per heavy atom. The van der Waals surface area contributed by atoms with Gasteiger partial charge < -0.3 is 10.5 Å². The van der Waals surface area contributed by atoms with Crippen molar-refractivity contribution in [3.05, 3.63) is 47.5 Å². The van der Waals surface area contributed by atoms with Gasteiger partial charge in [-0.15, -0.1) is 0 Å². The zero-order valence-corrected chi connectivity index (χ0v) is 9.19. The number of aromatic nitrogens is 2. The third-order valence-electron chi connectivity index (χ3n) is 1.95. The van der Waals surface area contributed by atoms with E-state index in [9.17, 15) is 0 Å². The summed E-state index contributed by atoms with van der Waals surface area (Å²) in [5.41, 5.74) is 6.27. The lowest BCUT2D eigenvalue weighted by Gasteiger charge is -2.07. The van der Waals surface area contributed by atoms with Crippen LogP contribution >= 0.6 is 11.6 Å². The van der Waals surface area contributed by atoms with Gasteiger partial charge in [0.2, 0.25) is 0 Å². The second-order valence-corrected chi connectivity index (χ2v) is 3.57. The number of hydrogen-bond donors (Lipinski definition) is 1. The molecule has 0 atom stereocenters. The van der Waals surface area contributed by atoms with Crippen LogP contribution in [-0.2, 0) is 6.61 Å². The van der Waals surface area contributed by atoms with Crippen molar-refractivity contribution in [2.24, 2.45) is 0 Å². The van der Waals surface area contributed by atoms with E-state index in [0.29, 0.717) is 22.3 Å². The lowest BCUT2D eigenvalue weighted by molar-refractivity contribution is 0.297. The molecule has 0 amide bonds. The van der Waals surface area contributed by atoms with Crippen LogP contribution in [0.15, 0.2) is 36.7 Å². The summed E-state index contributed by atoms with van der Waals surface area (Å²) in [5.74, 6) is 1.14. The molecule has 0 aliphatic carbocycles. The fourth-order valence-electron chi connectivity index (χ4n) is 1.18. The number of benzene rings is 1. The van der Waals surface area contributed by atoms with Crippen LogP contribution in [0.3, 0.4) is 0 Å². The number of hydrogen-bond acceptors (Lipinski definition) is 4. The predicted octanol–water partition coefficient (Wildman–Crippen LogP) is 2.29. The van der Waals surface area contributed by atoms with E-state index in [1.807, 2.05) is 0 Å². The summed E-state index contributed by atoms with van der Waals surface area (Å²) in [4.78, 5) is 8.07. The minimum atomic E-state index is 0.269. The first-order valence-corrected chi connectivity index (χ1v) is 5.07. The van der Waals surface area contributed by atoms with Crippen molar-refractivity contribution < 1.29 is 4.74 Å². The topological polar surface area (TPSA) is 61.0 Å². The van der Waals surface area contributed by atoms with Gasteiger partial charge in [0, 0.05) is 23.5 Å². The first-order chi connectivity index (χ1) is 7.75. The zero-order chi connectivity index (χ0) is 11.4. The summed E-state index contributed by atoms with van der Waals surface area (Å²) in [6.07, 6.45) is 3.32. The number of halogens is 1. The molecule has 2 rings (SSSR count). The molecule has 0 spiro atoms. The quantitative estimate of drug-likeness (QED) is 0.830. The van der Waals surface area contributed by atoms with Gasteiger partial charge in [-0.05, 0) is 18.2 Å². The molecule has 0 unspecified atom stereocenters. The van der Waals surface area contributed by atoms with E-state index in [0.717, 1.165) is 0 Å². The summed E-state index contributed by atoms with van der Waals surface area (Å²) in [5, 5.41) is 0.582. The maximum atomic E-state index is 5.83. The van der Waals surface area contributed by atoms with Gasteiger partial charge in [0.1, 0.15) is 12.4 Å². The Bertz CT molecular complexity index is 476. The van der Waals surface area contributed by atoms with E-state index in [1.165, 1.54) is 0 Å². The monoisotopic (exact) mass is 235 g/mol. The lowest BCUT2D eigenvalue weighted by atomic mass is 10.3. The highest BCUT2D eigenvalue weighted by Gasteiger charge is 2.02. The van der Waals surface area contributed by atoms with E-state index in [4.69, 9.17) is 22.1 Å². The zero-order valence-electron chi connectivity index (χ0n) is 8.43. The minimum Gasteiger partial charge on any atom is -0.483 e. The van der Waals surface area contributed by atoms with Crippen molar-refractivity contribution in [1.29, 1.82) is 0 Å². The fourth-order valence-corrected chi connectivity index (χ4v) is 1.34. The van der Waals surface area contributed by atoms with E-state index in [-0.39, 0.29) is 6.61 Å². The third kappa shape index (κ3) is 2.61. The average Bonchev–Trinajstić information content (AvgIpc) is 2.32. The van der Waals surface area contributed by atoms with Crippen LogP contribution in [0.1, 0.15) is 5.82 Å². The van der Waals surface area contributed by atoms with Crippen molar-refractivity contribution in [3.8, 4) is 5.75 Å². The molecule has 1 heterocycles. The Morgan fingerprint density at radius 2 is 2.00 bits per heavy atom. The van der Waals surface area contributed by atoms with Crippen molar-refractivity contribution in [2.45, 2.75) is 6.61 Å². The van der Waals surface area contributed by atoms with Crippen LogP contribution in [0.25, 0.3) is 0 Å². The molecular weight excluding hydrogens is 226 g/mol. The van der Waals surface area contributed by atoms with Crippen LogP contribution in [-0.4, -0.2) is 9.97 Å². The molecule has 1 aromatic heterocycles. The SMILES string of the molecule is Nc1ccc(Cl)cc1OCc1ncccn1. The molecule has 1 aromatic carbocycles. The summed E-state index contributed by atoms with van der Waals surface area (Å²) in [6.45, 7) is 0.269. The average molecular weight is 236 g/mol. The molecule has 0 saturated heterocycles. The summed E-state index contributed by atoms with van der Waals surface area (Å²) < 4.78 is 5.47. The summed E-state index contributed by atoms with van der Waals surface area (Å²) in [6, 6.07) is 6.82. The molecule has 0 bridgehead atoms. The number of anilines is 1. The van der Waals surface area contributed by atoms with Crippen molar-refractivity contribution in [1.82, 2.24) is 9.97 Å². The van der Waals surface area contributed by atoms with Gasteiger partial charge in [0.25, 0.3) is 0 Å². The summed E-state index contributed by atoms with van der Waals surface area (Å²) in [7, 11) is 0. The lowest BCUT2D eigenvalue weighted by Crippen LogP contribution is -2.02. The Labute approximate surface area is 98.0 Å². The normalized spacial score (nSPS) is 10.1. The van der Waals surface area contributed by atoms with Crippen LogP contribution in [0.2, 0.25) is 5.02 Å². The number of rotatable bonds is 3. The van der Waals surface area contributed by atoms with Crippen molar-refractivity contribution in [3.63, 3.8) is 0 Å². The van der Waals surface area contributed by atoms with E-state index in [2.05, 4.69) is 9.97 Å². The highest BCUT2D eigenvalue weighted by atomic mass is 35.5. The van der Waals surface area contributed by atoms with E-state index < -0.39 is 0 Å². The highest BCUT2D eigenvalue weighted by molar-refractivity contribution is 6.30. The Balaban J connectivity index is 2.08. The van der Waals surface area contributed by atoms with Gasteiger partial charge in [0.05, 0.1) is 5.69 Å². The van der Waals surface area contributed by atoms with Crippen LogP contribution < -0.4 is 10.5 Å². The first-order valence-electron chi connectivity index (χ1n) is 4.69. The molecule has 0 saturated carbocycles. The molecule has 0 aliphatic rings. The van der Waals surface area contributed by atoms with Gasteiger partial charge >= 0.3 is 0 Å². The second-order valence-electron chi connectivity index (χ2n) is 3.14. The van der Waals surface area contributed by atoms with Crippen LogP contribution in [0, 0.1) is 0 Å². The largest absolute Gasteiger partial charge is 0.483 e. The molecule has 0 radical (unpaired) electrons. The number of nitrogen functional groups attached to an aromatic ring is 1. The smallest absolute Gasteiger partial charge is 0.166 e. The van der Waals surface area contributed by atoms with Gasteiger partial charge in [-0.25, -0.2) is 9.97 Å². The van der Waals surface area contributed by atoms with Gasteiger partial charge in [-0.3, -0.25) is 0 Å². The fraction of sp³-hybridized carbons (Fsp3) is 0.0909. The molecular formula is C11H10ClN3O. The third-order valence-corrected chi connectivity index (χ3v) is 2.19. The molecule has 0 fully saturated rings.